The van der Waals surface area contributed by atoms with E-state index in [2.05, 4.69) is 26.1 Å². The molecule has 0 aliphatic heterocycles. The van der Waals surface area contributed by atoms with Crippen LogP contribution in [0.25, 0.3) is 0 Å². The summed E-state index contributed by atoms with van der Waals surface area (Å²) in [5, 5.41) is 12.7. The van der Waals surface area contributed by atoms with Crippen LogP contribution in [0.3, 0.4) is 0 Å². The van der Waals surface area contributed by atoms with Crippen LogP contribution in [0.2, 0.25) is 0 Å². The van der Waals surface area contributed by atoms with Crippen molar-refractivity contribution in [2.75, 3.05) is 26.3 Å². The second-order valence-electron chi connectivity index (χ2n) is 4.14. The quantitative estimate of drug-likeness (QED) is 0.557. The van der Waals surface area contributed by atoms with E-state index in [0.29, 0.717) is 19.1 Å². The Bertz CT molecular complexity index is 118. The highest BCUT2D eigenvalue weighted by Gasteiger charge is 2.03. The van der Waals surface area contributed by atoms with Crippen LogP contribution in [-0.4, -0.2) is 37.5 Å². The van der Waals surface area contributed by atoms with Gasteiger partial charge in [0.15, 0.2) is 0 Å². The monoisotopic (exact) mass is 203 g/mol. The van der Waals surface area contributed by atoms with Gasteiger partial charge in [-0.3, -0.25) is 0 Å². The van der Waals surface area contributed by atoms with E-state index in [1.54, 1.807) is 0 Å². The second-order valence-corrected chi connectivity index (χ2v) is 4.14. The lowest BCUT2D eigenvalue weighted by molar-refractivity contribution is 0.0262. The number of aliphatic hydroxyl groups is 1. The van der Waals surface area contributed by atoms with Gasteiger partial charge in [0.1, 0.15) is 0 Å². The van der Waals surface area contributed by atoms with Gasteiger partial charge in [0.25, 0.3) is 0 Å². The molecule has 0 spiro atoms. The standard InChI is InChI=1S/C11H25NO2/c1-4-5-6-12-7-11(13)9-14-8-10(2)3/h10-13H,4-9H2,1-3H3/t11-/m1/s1. The van der Waals surface area contributed by atoms with E-state index >= 15 is 0 Å². The highest BCUT2D eigenvalue weighted by atomic mass is 16.5. The van der Waals surface area contributed by atoms with Gasteiger partial charge in [0, 0.05) is 13.2 Å². The predicted molar refractivity (Wildman–Crippen MR) is 59.4 cm³/mol. The molecule has 0 aromatic rings. The van der Waals surface area contributed by atoms with E-state index in [0.717, 1.165) is 13.2 Å². The Morgan fingerprint density at radius 3 is 2.57 bits per heavy atom. The van der Waals surface area contributed by atoms with Gasteiger partial charge >= 0.3 is 0 Å². The first-order valence-electron chi connectivity index (χ1n) is 5.63. The number of unbranched alkanes of at least 4 members (excludes halogenated alkanes) is 1. The molecule has 3 heteroatoms. The van der Waals surface area contributed by atoms with Crippen molar-refractivity contribution in [1.82, 2.24) is 5.32 Å². The SMILES string of the molecule is CCCCNC[C@@H](O)COCC(C)C. The van der Waals surface area contributed by atoms with Crippen LogP contribution in [0.4, 0.5) is 0 Å². The molecule has 0 saturated heterocycles. The number of hydrogen-bond donors (Lipinski definition) is 2. The fourth-order valence-corrected chi connectivity index (χ4v) is 1.07. The van der Waals surface area contributed by atoms with E-state index in [4.69, 9.17) is 4.74 Å². The van der Waals surface area contributed by atoms with Crippen molar-refractivity contribution >= 4 is 0 Å². The van der Waals surface area contributed by atoms with Gasteiger partial charge in [-0.15, -0.1) is 0 Å². The molecule has 0 aliphatic rings. The largest absolute Gasteiger partial charge is 0.389 e. The van der Waals surface area contributed by atoms with E-state index in [1.807, 2.05) is 0 Å². The third-order valence-electron chi connectivity index (χ3n) is 1.85. The number of nitrogens with one attached hydrogen (secondary N) is 1. The Morgan fingerprint density at radius 1 is 1.29 bits per heavy atom. The third-order valence-corrected chi connectivity index (χ3v) is 1.85. The Kier molecular flexibility index (Phi) is 9.35. The molecule has 2 N–H and O–H groups in total. The minimum Gasteiger partial charge on any atom is -0.389 e. The van der Waals surface area contributed by atoms with Crippen LogP contribution in [-0.2, 0) is 4.74 Å². The molecule has 3 nitrogen and oxygen atoms in total. The zero-order valence-electron chi connectivity index (χ0n) is 9.75. The zero-order valence-corrected chi connectivity index (χ0v) is 9.75. The van der Waals surface area contributed by atoms with Gasteiger partial charge < -0.3 is 15.2 Å². The fraction of sp³-hybridized carbons (Fsp3) is 1.00. The summed E-state index contributed by atoms with van der Waals surface area (Å²) in [4.78, 5) is 0. The Hall–Kier alpha value is -0.120. The third kappa shape index (κ3) is 9.96. The molecule has 0 bridgehead atoms. The van der Waals surface area contributed by atoms with Crippen LogP contribution < -0.4 is 5.32 Å². The van der Waals surface area contributed by atoms with Gasteiger partial charge in [-0.1, -0.05) is 27.2 Å². The summed E-state index contributed by atoms with van der Waals surface area (Å²) in [6.07, 6.45) is 1.98. The average Bonchev–Trinajstić information content (AvgIpc) is 2.12. The second kappa shape index (κ2) is 9.44. The van der Waals surface area contributed by atoms with Gasteiger partial charge in [-0.25, -0.2) is 0 Å². The summed E-state index contributed by atoms with van der Waals surface area (Å²) in [5.41, 5.74) is 0. The summed E-state index contributed by atoms with van der Waals surface area (Å²) in [6, 6.07) is 0. The molecule has 0 unspecified atom stereocenters. The van der Waals surface area contributed by atoms with E-state index in [9.17, 15) is 5.11 Å². The number of hydrogen-bond acceptors (Lipinski definition) is 3. The van der Waals surface area contributed by atoms with Gasteiger partial charge in [0.05, 0.1) is 12.7 Å². The molecule has 0 fully saturated rings. The smallest absolute Gasteiger partial charge is 0.0897 e. The van der Waals surface area contributed by atoms with Crippen molar-refractivity contribution in [1.29, 1.82) is 0 Å². The molecule has 0 amide bonds. The van der Waals surface area contributed by atoms with Crippen molar-refractivity contribution < 1.29 is 9.84 Å². The molecular formula is C11H25NO2. The molecule has 86 valence electrons. The zero-order chi connectivity index (χ0) is 10.8. The fourth-order valence-electron chi connectivity index (χ4n) is 1.07. The summed E-state index contributed by atoms with van der Waals surface area (Å²) in [5.74, 6) is 0.537. The minimum atomic E-state index is -0.370. The molecule has 0 aromatic carbocycles. The van der Waals surface area contributed by atoms with Gasteiger partial charge in [-0.05, 0) is 18.9 Å². The minimum absolute atomic E-state index is 0.370. The summed E-state index contributed by atoms with van der Waals surface area (Å²) in [7, 11) is 0. The molecule has 0 aliphatic carbocycles. The molecule has 0 rings (SSSR count). The maximum Gasteiger partial charge on any atom is 0.0897 e. The maximum atomic E-state index is 9.47. The molecule has 0 radical (unpaired) electrons. The van der Waals surface area contributed by atoms with Crippen LogP contribution in [0.15, 0.2) is 0 Å². The van der Waals surface area contributed by atoms with Gasteiger partial charge in [0.2, 0.25) is 0 Å². The highest BCUT2D eigenvalue weighted by Crippen LogP contribution is 1.93. The summed E-state index contributed by atoms with van der Waals surface area (Å²) < 4.78 is 5.32. The normalized spacial score (nSPS) is 13.5. The lowest BCUT2D eigenvalue weighted by atomic mass is 10.2. The molecular weight excluding hydrogens is 178 g/mol. The van der Waals surface area contributed by atoms with Crippen molar-refractivity contribution in [3.05, 3.63) is 0 Å². The number of ether oxygens (including phenoxy) is 1. The summed E-state index contributed by atoms with van der Waals surface area (Å²) in [6.45, 7) is 9.15. The lowest BCUT2D eigenvalue weighted by Gasteiger charge is -2.13. The van der Waals surface area contributed by atoms with Gasteiger partial charge in [-0.2, -0.15) is 0 Å². The first kappa shape index (κ1) is 13.9. The van der Waals surface area contributed by atoms with Crippen LogP contribution in [0.5, 0.6) is 0 Å². The van der Waals surface area contributed by atoms with E-state index < -0.39 is 0 Å². The average molecular weight is 203 g/mol. The van der Waals surface area contributed by atoms with Crippen molar-refractivity contribution in [3.63, 3.8) is 0 Å². The molecule has 0 aromatic heterocycles. The Balaban J connectivity index is 3.15. The van der Waals surface area contributed by atoms with Crippen molar-refractivity contribution in [2.45, 2.75) is 39.7 Å². The molecule has 14 heavy (non-hydrogen) atoms. The number of aliphatic hydroxyl groups excluding tert-OH is 1. The first-order chi connectivity index (χ1) is 6.66. The predicted octanol–water partition coefficient (Wildman–Crippen LogP) is 1.41. The first-order valence-corrected chi connectivity index (χ1v) is 5.63. The number of rotatable bonds is 9. The van der Waals surface area contributed by atoms with Crippen LogP contribution >= 0.6 is 0 Å². The highest BCUT2D eigenvalue weighted by molar-refractivity contribution is 4.58. The van der Waals surface area contributed by atoms with Crippen molar-refractivity contribution in [3.8, 4) is 0 Å². The maximum absolute atomic E-state index is 9.47. The van der Waals surface area contributed by atoms with E-state index in [-0.39, 0.29) is 6.10 Å². The van der Waals surface area contributed by atoms with Crippen molar-refractivity contribution in [2.24, 2.45) is 5.92 Å². The topological polar surface area (TPSA) is 41.5 Å². The summed E-state index contributed by atoms with van der Waals surface area (Å²) >= 11 is 0. The molecule has 1 atom stereocenters. The lowest BCUT2D eigenvalue weighted by Crippen LogP contribution is -2.31. The Labute approximate surface area is 87.8 Å². The van der Waals surface area contributed by atoms with Crippen LogP contribution in [0.1, 0.15) is 33.6 Å². The Morgan fingerprint density at radius 2 is 2.00 bits per heavy atom. The molecule has 0 saturated carbocycles. The van der Waals surface area contributed by atoms with E-state index in [1.165, 1.54) is 12.8 Å². The van der Waals surface area contributed by atoms with Crippen LogP contribution in [0, 0.1) is 5.92 Å². The molecule has 0 heterocycles.